The average Bonchev–Trinajstić information content (AvgIpc) is 3.38. The van der Waals surface area contributed by atoms with Gasteiger partial charge in [0.1, 0.15) is 19.8 Å². The van der Waals surface area contributed by atoms with Gasteiger partial charge < -0.3 is 42.6 Å². The van der Waals surface area contributed by atoms with Gasteiger partial charge in [-0.3, -0.25) is 0 Å². The summed E-state index contributed by atoms with van der Waals surface area (Å²) in [5.41, 5.74) is -0.573. The molecule has 0 spiro atoms. The molecule has 3 atom stereocenters. The highest BCUT2D eigenvalue weighted by Crippen LogP contribution is 2.21. The van der Waals surface area contributed by atoms with Crippen molar-refractivity contribution >= 4 is 18.5 Å². The van der Waals surface area contributed by atoms with Gasteiger partial charge in [-0.15, -0.1) is 0 Å². The summed E-state index contributed by atoms with van der Waals surface area (Å²) in [6.45, 7) is 3.54. The van der Waals surface area contributed by atoms with E-state index in [4.69, 9.17) is 42.6 Å². The van der Waals surface area contributed by atoms with Crippen molar-refractivity contribution < 1.29 is 57.0 Å². The van der Waals surface area contributed by atoms with Crippen LogP contribution in [0, 0.1) is 5.41 Å². The Morgan fingerprint density at radius 3 is 1.24 bits per heavy atom. The van der Waals surface area contributed by atoms with E-state index in [9.17, 15) is 14.4 Å². The highest BCUT2D eigenvalue weighted by Gasteiger charge is 2.32. The first-order valence-corrected chi connectivity index (χ1v) is 9.15. The maximum atomic E-state index is 11.0. The van der Waals surface area contributed by atoms with Crippen molar-refractivity contribution in [3.63, 3.8) is 0 Å². The Kier molecular flexibility index (Phi) is 7.34. The lowest BCUT2D eigenvalue weighted by Crippen LogP contribution is -2.37. The molecule has 0 radical (unpaired) electrons. The van der Waals surface area contributed by atoms with E-state index in [0.717, 1.165) is 0 Å². The van der Waals surface area contributed by atoms with Crippen LogP contribution in [-0.4, -0.2) is 96.2 Å². The summed E-state index contributed by atoms with van der Waals surface area (Å²) in [6, 6.07) is 0. The van der Waals surface area contributed by atoms with Gasteiger partial charge in [-0.2, -0.15) is 0 Å². The maximum absolute atomic E-state index is 11.0. The molecular formula is C17H24O12. The Bertz CT molecular complexity index is 514. The zero-order valence-corrected chi connectivity index (χ0v) is 16.0. The fourth-order valence-electron chi connectivity index (χ4n) is 2.78. The van der Waals surface area contributed by atoms with E-state index in [2.05, 4.69) is 0 Å². The predicted octanol–water partition coefficient (Wildman–Crippen LogP) is 0.649. The average molecular weight is 420 g/mol. The molecule has 12 heteroatoms. The lowest BCUT2D eigenvalue weighted by Gasteiger charge is -2.29. The van der Waals surface area contributed by atoms with Crippen LogP contribution < -0.4 is 0 Å². The van der Waals surface area contributed by atoms with Crippen LogP contribution in [0.2, 0.25) is 0 Å². The van der Waals surface area contributed by atoms with E-state index in [1.807, 2.05) is 6.92 Å². The minimum atomic E-state index is -0.713. The van der Waals surface area contributed by atoms with Crippen LogP contribution in [0.25, 0.3) is 0 Å². The van der Waals surface area contributed by atoms with Crippen molar-refractivity contribution in [1.82, 2.24) is 0 Å². The lowest BCUT2D eigenvalue weighted by atomic mass is 9.94. The first-order chi connectivity index (χ1) is 13.9. The molecule has 3 unspecified atom stereocenters. The van der Waals surface area contributed by atoms with Gasteiger partial charge in [-0.25, -0.2) is 14.4 Å². The molecule has 0 aromatic heterocycles. The van der Waals surface area contributed by atoms with Gasteiger partial charge in [-0.05, 0) is 0 Å². The Labute approximate surface area is 166 Å². The molecule has 3 saturated heterocycles. The van der Waals surface area contributed by atoms with Crippen LogP contribution in [0.4, 0.5) is 14.4 Å². The molecule has 3 fully saturated rings. The molecule has 29 heavy (non-hydrogen) atoms. The Balaban J connectivity index is 1.41. The number of rotatable bonds is 12. The molecule has 3 rings (SSSR count). The third-order valence-electron chi connectivity index (χ3n) is 4.21. The first-order valence-electron chi connectivity index (χ1n) is 9.15. The maximum Gasteiger partial charge on any atom is 0.508 e. The fourth-order valence-corrected chi connectivity index (χ4v) is 2.78. The molecule has 12 nitrogen and oxygen atoms in total. The molecule has 0 aromatic carbocycles. The van der Waals surface area contributed by atoms with E-state index < -0.39 is 42.2 Å². The van der Waals surface area contributed by atoms with Crippen molar-refractivity contribution in [1.29, 1.82) is 0 Å². The van der Waals surface area contributed by atoms with E-state index in [0.29, 0.717) is 0 Å². The summed E-state index contributed by atoms with van der Waals surface area (Å²) >= 11 is 0. The third-order valence-corrected chi connectivity index (χ3v) is 4.21. The van der Waals surface area contributed by atoms with Gasteiger partial charge in [-0.1, -0.05) is 6.92 Å². The van der Waals surface area contributed by atoms with Gasteiger partial charge in [0.25, 0.3) is 0 Å². The summed E-state index contributed by atoms with van der Waals surface area (Å²) in [6.07, 6.45) is -3.52. The standard InChI is InChI=1S/C17H24O12/c1-17(8-21-2-11-5-24-14(18)27-11,9-22-3-12-6-25-15(19)28-12)10-23-4-13-7-26-16(20)29-13/h11-13H,2-10H2,1H3. The second-order valence-electron chi connectivity index (χ2n) is 7.26. The quantitative estimate of drug-likeness (QED) is 0.324. The van der Waals surface area contributed by atoms with E-state index in [-0.39, 0.29) is 59.5 Å². The summed E-state index contributed by atoms with van der Waals surface area (Å²) in [7, 11) is 0. The second kappa shape index (κ2) is 9.94. The van der Waals surface area contributed by atoms with Crippen molar-refractivity contribution in [2.24, 2.45) is 5.41 Å². The number of carbonyl (C=O) groups excluding carboxylic acids is 3. The molecular weight excluding hydrogens is 396 g/mol. The molecule has 0 aliphatic carbocycles. The molecule has 0 saturated carbocycles. The Hall–Kier alpha value is -2.31. The second-order valence-corrected chi connectivity index (χ2v) is 7.26. The molecule has 164 valence electrons. The van der Waals surface area contributed by atoms with Crippen molar-refractivity contribution in [3.8, 4) is 0 Å². The van der Waals surface area contributed by atoms with Gasteiger partial charge >= 0.3 is 18.5 Å². The fraction of sp³-hybridized carbons (Fsp3) is 0.824. The smallest absolute Gasteiger partial charge is 0.430 e. The molecule has 0 N–H and O–H groups in total. The number of ether oxygens (including phenoxy) is 9. The van der Waals surface area contributed by atoms with Crippen LogP contribution >= 0.6 is 0 Å². The summed E-state index contributed by atoms with van der Waals surface area (Å²) in [4.78, 5) is 32.9. The molecule has 0 amide bonds. The van der Waals surface area contributed by atoms with Gasteiger partial charge in [0, 0.05) is 5.41 Å². The van der Waals surface area contributed by atoms with Gasteiger partial charge in [0.05, 0.1) is 39.6 Å². The monoisotopic (exact) mass is 420 g/mol. The van der Waals surface area contributed by atoms with Crippen LogP contribution in [-0.2, 0) is 42.6 Å². The van der Waals surface area contributed by atoms with Crippen LogP contribution in [0.1, 0.15) is 6.92 Å². The number of hydrogen-bond donors (Lipinski definition) is 0. The predicted molar refractivity (Wildman–Crippen MR) is 89.2 cm³/mol. The topological polar surface area (TPSA) is 134 Å². The molecule has 0 aromatic rings. The summed E-state index contributed by atoms with van der Waals surface area (Å²) in [5.74, 6) is 0. The van der Waals surface area contributed by atoms with E-state index in [1.165, 1.54) is 0 Å². The summed E-state index contributed by atoms with van der Waals surface area (Å²) in [5, 5.41) is 0. The Morgan fingerprint density at radius 2 is 1.00 bits per heavy atom. The third kappa shape index (κ3) is 6.91. The minimum Gasteiger partial charge on any atom is -0.430 e. The van der Waals surface area contributed by atoms with Crippen molar-refractivity contribution in [2.45, 2.75) is 25.2 Å². The normalized spacial score (nSPS) is 28.0. The highest BCUT2D eigenvalue weighted by molar-refractivity contribution is 5.62. The first kappa shape index (κ1) is 21.4. The summed E-state index contributed by atoms with van der Waals surface area (Å²) < 4.78 is 45.9. The molecule has 3 heterocycles. The van der Waals surface area contributed by atoms with E-state index >= 15 is 0 Å². The highest BCUT2D eigenvalue weighted by atomic mass is 16.8. The minimum absolute atomic E-state index is 0.142. The molecule has 0 bridgehead atoms. The zero-order chi connectivity index (χ0) is 20.7. The number of cyclic esters (lactones) is 6. The van der Waals surface area contributed by atoms with Crippen LogP contribution in [0.5, 0.6) is 0 Å². The van der Waals surface area contributed by atoms with Gasteiger partial charge in [0.15, 0.2) is 18.3 Å². The lowest BCUT2D eigenvalue weighted by molar-refractivity contribution is -0.0856. The van der Waals surface area contributed by atoms with E-state index in [1.54, 1.807) is 0 Å². The zero-order valence-electron chi connectivity index (χ0n) is 16.0. The van der Waals surface area contributed by atoms with Crippen molar-refractivity contribution in [3.05, 3.63) is 0 Å². The SMILES string of the molecule is CC(COCC1COC(=O)O1)(COCC1COC(=O)O1)COCC1COC(=O)O1. The molecule has 3 aliphatic heterocycles. The molecule has 3 aliphatic rings. The number of hydrogen-bond acceptors (Lipinski definition) is 12. The Morgan fingerprint density at radius 1 is 0.690 bits per heavy atom. The number of carbonyl (C=O) groups is 3. The van der Waals surface area contributed by atoms with Crippen molar-refractivity contribution in [2.75, 3.05) is 59.5 Å². The van der Waals surface area contributed by atoms with Crippen LogP contribution in [0.3, 0.4) is 0 Å². The van der Waals surface area contributed by atoms with Gasteiger partial charge in [0.2, 0.25) is 0 Å². The largest absolute Gasteiger partial charge is 0.508 e. The van der Waals surface area contributed by atoms with Crippen LogP contribution in [0.15, 0.2) is 0 Å².